The van der Waals surface area contributed by atoms with E-state index in [1.54, 1.807) is 31.2 Å². The normalized spacial score (nSPS) is 16.1. The summed E-state index contributed by atoms with van der Waals surface area (Å²) in [7, 11) is 0. The molecule has 2 aromatic carbocycles. The molecule has 1 aliphatic heterocycles. The molecule has 8 heteroatoms. The molecule has 1 unspecified atom stereocenters. The summed E-state index contributed by atoms with van der Waals surface area (Å²) < 4.78 is 5.43. The predicted molar refractivity (Wildman–Crippen MR) is 118 cm³/mol. The second kappa shape index (κ2) is 9.19. The fourth-order valence-electron chi connectivity index (χ4n) is 2.86. The molecule has 0 aromatic heterocycles. The number of hydrogen-bond acceptors (Lipinski definition) is 6. The number of anilines is 2. The summed E-state index contributed by atoms with van der Waals surface area (Å²) in [5.74, 6) is -1.11. The number of para-hydroxylation sites is 1. The van der Waals surface area contributed by atoms with Gasteiger partial charge in [0, 0.05) is 6.42 Å². The van der Waals surface area contributed by atoms with Crippen LogP contribution in [-0.4, -0.2) is 34.0 Å². The van der Waals surface area contributed by atoms with Gasteiger partial charge in [-0.05, 0) is 38.1 Å². The Morgan fingerprint density at radius 3 is 2.55 bits per heavy atom. The third-order valence-electron chi connectivity index (χ3n) is 4.28. The predicted octanol–water partition coefficient (Wildman–Crippen LogP) is 3.93. The van der Waals surface area contributed by atoms with E-state index in [0.29, 0.717) is 15.7 Å². The van der Waals surface area contributed by atoms with Gasteiger partial charge in [0.1, 0.15) is 9.57 Å². The number of carbonyl (C=O) groups excluding carboxylic acids is 3. The zero-order chi connectivity index (χ0) is 21.0. The number of aryl methyl sites for hydroxylation is 1. The summed E-state index contributed by atoms with van der Waals surface area (Å²) >= 11 is 6.54. The third-order valence-corrected chi connectivity index (χ3v) is 5.79. The molecule has 1 saturated heterocycles. The van der Waals surface area contributed by atoms with Crippen molar-refractivity contribution in [2.24, 2.45) is 0 Å². The Hall–Kier alpha value is -2.71. The number of carbonyl (C=O) groups is 3. The van der Waals surface area contributed by atoms with Crippen molar-refractivity contribution in [2.75, 3.05) is 16.8 Å². The molecule has 0 radical (unpaired) electrons. The van der Waals surface area contributed by atoms with E-state index in [4.69, 9.17) is 17.0 Å². The first kappa shape index (κ1) is 21.0. The molecule has 2 amide bonds. The van der Waals surface area contributed by atoms with Crippen molar-refractivity contribution in [3.8, 4) is 0 Å². The van der Waals surface area contributed by atoms with Crippen LogP contribution in [0.5, 0.6) is 0 Å². The molecule has 150 valence electrons. The van der Waals surface area contributed by atoms with Crippen molar-refractivity contribution in [2.45, 2.75) is 25.5 Å². The van der Waals surface area contributed by atoms with Gasteiger partial charge in [-0.3, -0.25) is 14.5 Å². The highest BCUT2D eigenvalue weighted by atomic mass is 32.2. The second-order valence-corrected chi connectivity index (χ2v) is 8.24. The van der Waals surface area contributed by atoms with Crippen LogP contribution in [0.2, 0.25) is 0 Å². The maximum absolute atomic E-state index is 12.8. The number of nitrogens with zero attached hydrogens (tertiary/aromatic N) is 1. The van der Waals surface area contributed by atoms with Gasteiger partial charge in [0.25, 0.3) is 0 Å². The maximum atomic E-state index is 12.8. The lowest BCUT2D eigenvalue weighted by Gasteiger charge is -2.16. The molecule has 29 heavy (non-hydrogen) atoms. The van der Waals surface area contributed by atoms with Gasteiger partial charge in [0.2, 0.25) is 11.8 Å². The number of thioether (sulfide) groups is 1. The largest absolute Gasteiger partial charge is 0.462 e. The van der Waals surface area contributed by atoms with Crippen LogP contribution in [0.3, 0.4) is 0 Å². The Balaban J connectivity index is 1.69. The van der Waals surface area contributed by atoms with Gasteiger partial charge in [-0.15, -0.1) is 0 Å². The van der Waals surface area contributed by atoms with Crippen LogP contribution in [0, 0.1) is 6.92 Å². The summed E-state index contributed by atoms with van der Waals surface area (Å²) in [6.45, 7) is 3.91. The Morgan fingerprint density at radius 1 is 1.17 bits per heavy atom. The minimum absolute atomic E-state index is 0.0524. The monoisotopic (exact) mass is 428 g/mol. The number of rotatable bonds is 6. The van der Waals surface area contributed by atoms with Crippen molar-refractivity contribution < 1.29 is 19.1 Å². The van der Waals surface area contributed by atoms with Crippen molar-refractivity contribution in [1.82, 2.24) is 0 Å². The van der Waals surface area contributed by atoms with Crippen LogP contribution in [0.1, 0.15) is 29.3 Å². The first-order valence-electron chi connectivity index (χ1n) is 9.08. The molecule has 1 aliphatic rings. The highest BCUT2D eigenvalue weighted by Gasteiger charge is 2.39. The standard InChI is InChI=1S/C21H20N2O4S2/c1-3-27-20(26)15-6-4-5-7-16(15)22-18(24)12-17-19(25)23(21(28)29-17)14-10-8-13(2)9-11-14/h4-11,17H,3,12H2,1-2H3,(H,22,24). The Labute approximate surface area is 178 Å². The molecule has 1 N–H and O–H groups in total. The molecular formula is C21H20N2O4S2. The van der Waals surface area contributed by atoms with E-state index in [1.807, 2.05) is 31.2 Å². The molecule has 0 aliphatic carbocycles. The highest BCUT2D eigenvalue weighted by molar-refractivity contribution is 8.25. The lowest BCUT2D eigenvalue weighted by molar-refractivity contribution is -0.121. The van der Waals surface area contributed by atoms with Gasteiger partial charge >= 0.3 is 5.97 Å². The van der Waals surface area contributed by atoms with Crippen molar-refractivity contribution >= 4 is 57.5 Å². The second-order valence-electron chi connectivity index (χ2n) is 6.40. The molecule has 6 nitrogen and oxygen atoms in total. The number of thiocarbonyl (C=S) groups is 1. The smallest absolute Gasteiger partial charge is 0.340 e. The molecule has 1 heterocycles. The molecule has 0 saturated carbocycles. The van der Waals surface area contributed by atoms with Crippen LogP contribution in [0.25, 0.3) is 0 Å². The topological polar surface area (TPSA) is 75.7 Å². The number of esters is 1. The van der Waals surface area contributed by atoms with Crippen LogP contribution in [0.4, 0.5) is 11.4 Å². The van der Waals surface area contributed by atoms with Gasteiger partial charge < -0.3 is 10.1 Å². The minimum Gasteiger partial charge on any atom is -0.462 e. The molecule has 2 aromatic rings. The Morgan fingerprint density at radius 2 is 1.86 bits per heavy atom. The molecule has 0 bridgehead atoms. The van der Waals surface area contributed by atoms with E-state index in [2.05, 4.69) is 5.32 Å². The van der Waals surface area contributed by atoms with E-state index < -0.39 is 11.2 Å². The fourth-order valence-corrected chi connectivity index (χ4v) is 4.39. The SMILES string of the molecule is CCOC(=O)c1ccccc1NC(=O)CC1SC(=S)N(c2ccc(C)cc2)C1=O. The van der Waals surface area contributed by atoms with Crippen molar-refractivity contribution in [3.05, 3.63) is 59.7 Å². The third kappa shape index (κ3) is 4.83. The number of hydrogen-bond donors (Lipinski definition) is 1. The minimum atomic E-state index is -0.612. The van der Waals surface area contributed by atoms with Gasteiger partial charge in [0.15, 0.2) is 0 Å². The van der Waals surface area contributed by atoms with E-state index in [-0.39, 0.29) is 30.4 Å². The van der Waals surface area contributed by atoms with Crippen LogP contribution >= 0.6 is 24.0 Å². The maximum Gasteiger partial charge on any atom is 0.340 e. The van der Waals surface area contributed by atoms with Crippen molar-refractivity contribution in [3.63, 3.8) is 0 Å². The Kier molecular flexibility index (Phi) is 6.66. The summed E-state index contributed by atoms with van der Waals surface area (Å²) in [6, 6.07) is 14.1. The summed E-state index contributed by atoms with van der Waals surface area (Å²) in [4.78, 5) is 38.9. The average Bonchev–Trinajstić information content (AvgIpc) is 2.96. The van der Waals surface area contributed by atoms with Gasteiger partial charge in [-0.25, -0.2) is 4.79 Å². The molecular weight excluding hydrogens is 408 g/mol. The summed E-state index contributed by atoms with van der Waals surface area (Å²) in [5.41, 5.74) is 2.39. The van der Waals surface area contributed by atoms with E-state index in [9.17, 15) is 14.4 Å². The zero-order valence-electron chi connectivity index (χ0n) is 16.0. The lowest BCUT2D eigenvalue weighted by Crippen LogP contribution is -2.33. The number of nitrogens with one attached hydrogen (secondary N) is 1. The molecule has 0 spiro atoms. The fraction of sp³-hybridized carbons (Fsp3) is 0.238. The van der Waals surface area contributed by atoms with Crippen LogP contribution < -0.4 is 10.2 Å². The van der Waals surface area contributed by atoms with E-state index >= 15 is 0 Å². The zero-order valence-corrected chi connectivity index (χ0v) is 17.6. The van der Waals surface area contributed by atoms with Crippen LogP contribution in [0.15, 0.2) is 48.5 Å². The first-order valence-corrected chi connectivity index (χ1v) is 10.4. The van der Waals surface area contributed by atoms with E-state index in [1.165, 1.54) is 16.7 Å². The van der Waals surface area contributed by atoms with Gasteiger partial charge in [-0.2, -0.15) is 0 Å². The molecule has 1 atom stereocenters. The Bertz CT molecular complexity index is 959. The number of benzene rings is 2. The first-order chi connectivity index (χ1) is 13.9. The van der Waals surface area contributed by atoms with Gasteiger partial charge in [-0.1, -0.05) is 53.8 Å². The van der Waals surface area contributed by atoms with Gasteiger partial charge in [0.05, 0.1) is 23.5 Å². The highest BCUT2D eigenvalue weighted by Crippen LogP contribution is 2.34. The van der Waals surface area contributed by atoms with E-state index in [0.717, 1.165) is 5.56 Å². The number of amides is 2. The molecule has 3 rings (SSSR count). The lowest BCUT2D eigenvalue weighted by atomic mass is 10.1. The summed E-state index contributed by atoms with van der Waals surface area (Å²) in [6.07, 6.45) is -0.0524. The number of ether oxygens (including phenoxy) is 1. The summed E-state index contributed by atoms with van der Waals surface area (Å²) in [5, 5.41) is 2.09. The van der Waals surface area contributed by atoms with Crippen molar-refractivity contribution in [1.29, 1.82) is 0 Å². The van der Waals surface area contributed by atoms with Crippen LogP contribution in [-0.2, 0) is 14.3 Å². The molecule has 1 fully saturated rings. The average molecular weight is 429 g/mol. The quantitative estimate of drug-likeness (QED) is 0.555.